The molecule has 116 valence electrons. The highest BCUT2D eigenvalue weighted by Gasteiger charge is 2.21. The van der Waals surface area contributed by atoms with Crippen LogP contribution in [0.3, 0.4) is 0 Å². The fourth-order valence-electron chi connectivity index (χ4n) is 1.21. The number of esters is 1. The van der Waals surface area contributed by atoms with E-state index >= 15 is 0 Å². The molecule has 0 bridgehead atoms. The van der Waals surface area contributed by atoms with Gasteiger partial charge in [0.15, 0.2) is 5.13 Å². The predicted molar refractivity (Wildman–Crippen MR) is 77.5 cm³/mol. The summed E-state index contributed by atoms with van der Waals surface area (Å²) >= 11 is 1.12. The Balaban J connectivity index is 2.83. The van der Waals surface area contributed by atoms with Gasteiger partial charge in [-0.15, -0.1) is 11.3 Å². The first-order valence-corrected chi connectivity index (χ1v) is 6.80. The lowest BCUT2D eigenvalue weighted by Crippen LogP contribution is -2.27. The number of carbonyl (C=O) groups is 2. The summed E-state index contributed by atoms with van der Waals surface area (Å²) in [6.45, 7) is 5.25. The number of carbonyl (C=O) groups excluding carboxylic acids is 2. The van der Waals surface area contributed by atoms with E-state index in [4.69, 9.17) is 4.74 Å². The third-order valence-corrected chi connectivity index (χ3v) is 2.67. The number of rotatable bonds is 4. The number of hydrogen-bond acceptors (Lipinski definition) is 8. The van der Waals surface area contributed by atoms with Gasteiger partial charge in [-0.2, -0.15) is 0 Å². The minimum atomic E-state index is -0.689. The maximum absolute atomic E-state index is 11.6. The number of oxime groups is 1. The minimum Gasteiger partial charge on any atom is -0.464 e. The van der Waals surface area contributed by atoms with E-state index in [1.807, 2.05) is 0 Å². The molecule has 0 atom stereocenters. The van der Waals surface area contributed by atoms with Gasteiger partial charge in [0.05, 0.1) is 7.11 Å². The highest BCUT2D eigenvalue weighted by atomic mass is 32.1. The van der Waals surface area contributed by atoms with Crippen LogP contribution in [0.15, 0.2) is 10.5 Å². The van der Waals surface area contributed by atoms with Crippen LogP contribution in [-0.2, 0) is 19.1 Å². The van der Waals surface area contributed by atoms with E-state index in [2.05, 4.69) is 25.0 Å². The molecular formula is C12H17N3O5S. The standard InChI is InChI=1S/C12H17N3O5S/c1-12(2,3)20-11(17)14-10-13-7(6-21-10)8(15-19-5)9(16)18-4/h6H,1-5H3,(H,13,14,17). The number of nitrogens with zero attached hydrogens (tertiary/aromatic N) is 2. The summed E-state index contributed by atoms with van der Waals surface area (Å²) in [4.78, 5) is 31.8. The molecule has 1 aromatic heterocycles. The Labute approximate surface area is 126 Å². The van der Waals surface area contributed by atoms with E-state index in [-0.39, 0.29) is 16.5 Å². The predicted octanol–water partition coefficient (Wildman–Crippen LogP) is 2.01. The summed E-state index contributed by atoms with van der Waals surface area (Å²) < 4.78 is 9.68. The van der Waals surface area contributed by atoms with Gasteiger partial charge >= 0.3 is 12.1 Å². The Morgan fingerprint density at radius 3 is 2.52 bits per heavy atom. The van der Waals surface area contributed by atoms with Crippen LogP contribution in [-0.4, -0.2) is 42.6 Å². The highest BCUT2D eigenvalue weighted by molar-refractivity contribution is 7.14. The number of methoxy groups -OCH3 is 1. The molecule has 0 aliphatic carbocycles. The fraction of sp³-hybridized carbons (Fsp3) is 0.500. The van der Waals surface area contributed by atoms with Crippen molar-refractivity contribution in [1.82, 2.24) is 4.98 Å². The van der Waals surface area contributed by atoms with Crippen molar-refractivity contribution in [1.29, 1.82) is 0 Å². The van der Waals surface area contributed by atoms with Crippen LogP contribution in [0, 0.1) is 0 Å². The zero-order valence-electron chi connectivity index (χ0n) is 12.4. The number of hydrogen-bond donors (Lipinski definition) is 1. The highest BCUT2D eigenvalue weighted by Crippen LogP contribution is 2.18. The van der Waals surface area contributed by atoms with Crippen LogP contribution < -0.4 is 5.32 Å². The Bertz CT molecular complexity index is 547. The van der Waals surface area contributed by atoms with E-state index in [1.54, 1.807) is 26.2 Å². The van der Waals surface area contributed by atoms with E-state index < -0.39 is 17.7 Å². The molecule has 0 aromatic carbocycles. The number of thiazole rings is 1. The van der Waals surface area contributed by atoms with Crippen molar-refractivity contribution in [3.8, 4) is 0 Å². The van der Waals surface area contributed by atoms with Gasteiger partial charge in [-0.05, 0) is 20.8 Å². The molecule has 0 saturated carbocycles. The van der Waals surface area contributed by atoms with Gasteiger partial charge in [-0.25, -0.2) is 14.6 Å². The van der Waals surface area contributed by atoms with Crippen molar-refractivity contribution in [2.45, 2.75) is 26.4 Å². The van der Waals surface area contributed by atoms with Crippen LogP contribution in [0.4, 0.5) is 9.93 Å². The summed E-state index contributed by atoms with van der Waals surface area (Å²) in [7, 11) is 2.52. The van der Waals surface area contributed by atoms with Gasteiger partial charge < -0.3 is 14.3 Å². The maximum Gasteiger partial charge on any atom is 0.413 e. The molecule has 0 unspecified atom stereocenters. The van der Waals surface area contributed by atoms with E-state index in [1.165, 1.54) is 14.2 Å². The molecule has 21 heavy (non-hydrogen) atoms. The van der Waals surface area contributed by atoms with Crippen molar-refractivity contribution >= 4 is 34.2 Å². The third kappa shape index (κ3) is 5.38. The zero-order chi connectivity index (χ0) is 16.0. The second kappa shape index (κ2) is 7.02. The van der Waals surface area contributed by atoms with Crippen LogP contribution in [0.5, 0.6) is 0 Å². The number of aromatic nitrogens is 1. The maximum atomic E-state index is 11.6. The Hall–Kier alpha value is -2.16. The molecule has 1 rings (SSSR count). The van der Waals surface area contributed by atoms with Crippen molar-refractivity contribution in [3.63, 3.8) is 0 Å². The van der Waals surface area contributed by atoms with E-state index in [0.717, 1.165) is 11.3 Å². The first-order valence-electron chi connectivity index (χ1n) is 5.92. The summed E-state index contributed by atoms with van der Waals surface area (Å²) in [5.41, 5.74) is -0.466. The lowest BCUT2D eigenvalue weighted by Gasteiger charge is -2.18. The third-order valence-electron chi connectivity index (χ3n) is 1.92. The molecule has 0 spiro atoms. The number of amides is 1. The molecule has 1 heterocycles. The van der Waals surface area contributed by atoms with Gasteiger partial charge in [0, 0.05) is 5.38 Å². The molecule has 1 N–H and O–H groups in total. The smallest absolute Gasteiger partial charge is 0.413 e. The van der Waals surface area contributed by atoms with Gasteiger partial charge in [-0.1, -0.05) is 5.16 Å². The van der Waals surface area contributed by atoms with Gasteiger partial charge in [0.25, 0.3) is 0 Å². The Kier molecular flexibility index (Phi) is 5.65. The number of anilines is 1. The zero-order valence-corrected chi connectivity index (χ0v) is 13.2. The van der Waals surface area contributed by atoms with Gasteiger partial charge in [0.2, 0.25) is 5.71 Å². The first kappa shape index (κ1) is 16.9. The lowest BCUT2D eigenvalue weighted by atomic mass is 10.2. The fourth-order valence-corrected chi connectivity index (χ4v) is 1.89. The lowest BCUT2D eigenvalue weighted by molar-refractivity contribution is -0.132. The SMILES string of the molecule is CON=C(C(=O)OC)c1csc(NC(=O)OC(C)(C)C)n1. The van der Waals surface area contributed by atoms with Crippen LogP contribution in [0.1, 0.15) is 26.5 Å². The Morgan fingerprint density at radius 1 is 1.33 bits per heavy atom. The molecule has 0 saturated heterocycles. The molecule has 0 aliphatic heterocycles. The number of nitrogens with one attached hydrogen (secondary N) is 1. The van der Waals surface area contributed by atoms with E-state index in [0.29, 0.717) is 0 Å². The topological polar surface area (TPSA) is 99.1 Å². The van der Waals surface area contributed by atoms with Crippen molar-refractivity contribution in [2.75, 3.05) is 19.5 Å². The number of ether oxygens (including phenoxy) is 2. The van der Waals surface area contributed by atoms with Crippen molar-refractivity contribution in [3.05, 3.63) is 11.1 Å². The largest absolute Gasteiger partial charge is 0.464 e. The van der Waals surface area contributed by atoms with Crippen LogP contribution in [0.2, 0.25) is 0 Å². The monoisotopic (exact) mass is 315 g/mol. The molecule has 9 heteroatoms. The van der Waals surface area contributed by atoms with Gasteiger partial charge in [0.1, 0.15) is 18.4 Å². The summed E-state index contributed by atoms with van der Waals surface area (Å²) in [5.74, 6) is -0.689. The summed E-state index contributed by atoms with van der Waals surface area (Å²) in [6, 6.07) is 0. The summed E-state index contributed by atoms with van der Waals surface area (Å²) in [5, 5.41) is 7.84. The molecule has 1 aromatic rings. The molecule has 0 radical (unpaired) electrons. The average Bonchev–Trinajstić information content (AvgIpc) is 2.80. The van der Waals surface area contributed by atoms with Crippen molar-refractivity contribution < 1.29 is 23.9 Å². The van der Waals surface area contributed by atoms with Gasteiger partial charge in [-0.3, -0.25) is 5.32 Å². The average molecular weight is 315 g/mol. The molecule has 1 amide bonds. The molecule has 0 fully saturated rings. The van der Waals surface area contributed by atoms with Crippen molar-refractivity contribution in [2.24, 2.45) is 5.16 Å². The quantitative estimate of drug-likeness (QED) is 0.518. The molecular weight excluding hydrogens is 298 g/mol. The summed E-state index contributed by atoms with van der Waals surface area (Å²) in [6.07, 6.45) is -0.633. The van der Waals surface area contributed by atoms with Crippen LogP contribution in [0.25, 0.3) is 0 Å². The second-order valence-corrected chi connectivity index (χ2v) is 5.64. The van der Waals surface area contributed by atoms with E-state index in [9.17, 15) is 9.59 Å². The Morgan fingerprint density at radius 2 is 2.00 bits per heavy atom. The normalized spacial score (nSPS) is 11.8. The van der Waals surface area contributed by atoms with Crippen LogP contribution >= 0.6 is 11.3 Å². The molecule has 8 nitrogen and oxygen atoms in total. The second-order valence-electron chi connectivity index (χ2n) is 4.78. The first-order chi connectivity index (χ1) is 9.76. The minimum absolute atomic E-state index is 0.0894. The molecule has 0 aliphatic rings.